The average Bonchev–Trinajstić information content (AvgIpc) is 3.13. The molecule has 2 aliphatic heterocycles. The van der Waals surface area contributed by atoms with Gasteiger partial charge in [-0.1, -0.05) is 31.2 Å². The van der Waals surface area contributed by atoms with Crippen molar-refractivity contribution >= 4 is 23.5 Å². The monoisotopic (exact) mass is 438 g/mol. The lowest BCUT2D eigenvalue weighted by atomic mass is 9.93. The van der Waals surface area contributed by atoms with Crippen LogP contribution >= 0.6 is 0 Å². The van der Waals surface area contributed by atoms with Crippen LogP contribution in [-0.2, 0) is 19.4 Å². The number of amides is 1. The quantitative estimate of drug-likeness (QED) is 0.476. The lowest BCUT2D eigenvalue weighted by Gasteiger charge is -2.22. The topological polar surface area (TPSA) is 41.9 Å². The number of aliphatic imine (C=N–C) groups is 1. The van der Waals surface area contributed by atoms with E-state index < -0.39 is 0 Å². The van der Waals surface area contributed by atoms with Crippen molar-refractivity contribution in [3.05, 3.63) is 87.0 Å². The molecular formula is C29H30N2O2. The molecule has 0 unspecified atom stereocenters. The Bertz CT molecular complexity index is 1310. The molecule has 3 aromatic rings. The van der Waals surface area contributed by atoms with Crippen LogP contribution in [0.1, 0.15) is 56.2 Å². The summed E-state index contributed by atoms with van der Waals surface area (Å²) in [6, 6.07) is 14.2. The van der Waals surface area contributed by atoms with Crippen LogP contribution in [-0.4, -0.2) is 18.2 Å². The van der Waals surface area contributed by atoms with Crippen molar-refractivity contribution < 1.29 is 9.53 Å². The third kappa shape index (κ3) is 3.54. The van der Waals surface area contributed by atoms with Gasteiger partial charge in [0.2, 0.25) is 0 Å². The van der Waals surface area contributed by atoms with Gasteiger partial charge in [-0.25, -0.2) is 0 Å². The molecule has 168 valence electrons. The highest BCUT2D eigenvalue weighted by molar-refractivity contribution is 6.14. The molecule has 33 heavy (non-hydrogen) atoms. The summed E-state index contributed by atoms with van der Waals surface area (Å²) in [5.41, 5.74) is 11.0. The molecule has 4 nitrogen and oxygen atoms in total. The van der Waals surface area contributed by atoms with Crippen LogP contribution in [0.4, 0.5) is 11.4 Å². The normalized spacial score (nSPS) is 16.3. The Kier molecular flexibility index (Phi) is 5.32. The Balaban J connectivity index is 1.45. The average molecular weight is 439 g/mol. The van der Waals surface area contributed by atoms with Crippen molar-refractivity contribution in [2.24, 2.45) is 4.99 Å². The summed E-state index contributed by atoms with van der Waals surface area (Å²) in [5, 5.41) is 0. The number of para-hydroxylation sites is 1. The van der Waals surface area contributed by atoms with Crippen LogP contribution in [0.15, 0.2) is 47.5 Å². The van der Waals surface area contributed by atoms with Crippen LogP contribution in [0.2, 0.25) is 0 Å². The lowest BCUT2D eigenvalue weighted by molar-refractivity contribution is 0.0987. The van der Waals surface area contributed by atoms with Crippen molar-refractivity contribution in [3.8, 4) is 5.75 Å². The van der Waals surface area contributed by atoms with Gasteiger partial charge in [0.15, 0.2) is 0 Å². The summed E-state index contributed by atoms with van der Waals surface area (Å²) in [6.07, 6.45) is 3.72. The largest absolute Gasteiger partial charge is 0.489 e. The fraction of sp³-hybridized carbons (Fsp3) is 0.310. The van der Waals surface area contributed by atoms with Crippen molar-refractivity contribution in [3.63, 3.8) is 0 Å². The number of nitrogens with zero attached hydrogens (tertiary/aromatic N) is 2. The molecule has 0 bridgehead atoms. The minimum absolute atomic E-state index is 0.00434. The summed E-state index contributed by atoms with van der Waals surface area (Å²) in [4.78, 5) is 20.1. The maximum absolute atomic E-state index is 13.5. The van der Waals surface area contributed by atoms with E-state index in [0.717, 1.165) is 29.8 Å². The van der Waals surface area contributed by atoms with E-state index in [1.165, 1.54) is 33.4 Å². The maximum atomic E-state index is 13.5. The highest BCUT2D eigenvalue weighted by atomic mass is 16.5. The highest BCUT2D eigenvalue weighted by Crippen LogP contribution is 2.38. The van der Waals surface area contributed by atoms with Crippen molar-refractivity contribution in [1.82, 2.24) is 0 Å². The van der Waals surface area contributed by atoms with Crippen molar-refractivity contribution in [2.45, 2.75) is 60.1 Å². The fourth-order valence-corrected chi connectivity index (χ4v) is 5.06. The molecule has 5 rings (SSSR count). The van der Waals surface area contributed by atoms with Gasteiger partial charge in [-0.05, 0) is 85.2 Å². The Labute approximate surface area is 195 Å². The van der Waals surface area contributed by atoms with Crippen LogP contribution < -0.4 is 9.64 Å². The molecule has 1 amide bonds. The molecule has 3 aromatic carbocycles. The summed E-state index contributed by atoms with van der Waals surface area (Å²) < 4.78 is 6.29. The molecule has 0 spiro atoms. The number of hydrogen-bond acceptors (Lipinski definition) is 3. The van der Waals surface area contributed by atoms with Crippen LogP contribution in [0.5, 0.6) is 5.75 Å². The second kappa shape index (κ2) is 8.18. The minimum atomic E-state index is -0.0439. The summed E-state index contributed by atoms with van der Waals surface area (Å²) >= 11 is 0. The number of ether oxygens (including phenoxy) is 1. The second-order valence-corrected chi connectivity index (χ2v) is 9.20. The third-order valence-corrected chi connectivity index (χ3v) is 7.34. The van der Waals surface area contributed by atoms with Gasteiger partial charge in [-0.3, -0.25) is 14.7 Å². The molecule has 2 heterocycles. The molecule has 0 fully saturated rings. The van der Waals surface area contributed by atoms with Crippen LogP contribution in [0.3, 0.4) is 0 Å². The number of anilines is 1. The number of aryl methyl sites for hydroxylation is 2. The van der Waals surface area contributed by atoms with Crippen LogP contribution in [0, 0.1) is 27.7 Å². The third-order valence-electron chi connectivity index (χ3n) is 7.34. The van der Waals surface area contributed by atoms with E-state index in [1.54, 1.807) is 0 Å². The molecule has 4 heteroatoms. The highest BCUT2D eigenvalue weighted by Gasteiger charge is 2.36. The Morgan fingerprint density at radius 2 is 1.76 bits per heavy atom. The second-order valence-electron chi connectivity index (χ2n) is 9.20. The van der Waals surface area contributed by atoms with Gasteiger partial charge in [-0.15, -0.1) is 0 Å². The first-order chi connectivity index (χ1) is 15.9. The first-order valence-electron chi connectivity index (χ1n) is 11.7. The lowest BCUT2D eigenvalue weighted by Crippen LogP contribution is -2.37. The fourth-order valence-electron chi connectivity index (χ4n) is 5.06. The summed E-state index contributed by atoms with van der Waals surface area (Å²) in [7, 11) is 0. The van der Waals surface area contributed by atoms with Gasteiger partial charge in [-0.2, -0.15) is 0 Å². The molecule has 0 saturated heterocycles. The molecule has 0 aromatic heterocycles. The van der Waals surface area contributed by atoms with Gasteiger partial charge in [0, 0.05) is 24.4 Å². The van der Waals surface area contributed by atoms with E-state index in [1.807, 2.05) is 48.4 Å². The predicted octanol–water partition coefficient (Wildman–Crippen LogP) is 6.35. The van der Waals surface area contributed by atoms with E-state index in [4.69, 9.17) is 9.73 Å². The SMILES string of the molecule is CCc1cc(COc2cc3c(cc2C)C(=O)N2c4ccccc4C[C@H]2C=N3)c(C)c(C)c1C. The molecule has 0 radical (unpaired) electrons. The van der Waals surface area contributed by atoms with E-state index in [9.17, 15) is 4.79 Å². The Hall–Kier alpha value is -3.40. The molecule has 2 aliphatic rings. The predicted molar refractivity (Wildman–Crippen MR) is 134 cm³/mol. The maximum Gasteiger partial charge on any atom is 0.261 e. The van der Waals surface area contributed by atoms with E-state index in [2.05, 4.69) is 39.8 Å². The van der Waals surface area contributed by atoms with E-state index in [-0.39, 0.29) is 11.9 Å². The molecule has 1 atom stereocenters. The molecule has 0 aliphatic carbocycles. The zero-order valence-corrected chi connectivity index (χ0v) is 20.0. The van der Waals surface area contributed by atoms with Crippen LogP contribution in [0.25, 0.3) is 0 Å². The zero-order valence-electron chi connectivity index (χ0n) is 20.0. The summed E-state index contributed by atoms with van der Waals surface area (Å²) in [6.45, 7) is 11.2. The minimum Gasteiger partial charge on any atom is -0.489 e. The number of carbonyl (C=O) groups is 1. The van der Waals surface area contributed by atoms with E-state index >= 15 is 0 Å². The van der Waals surface area contributed by atoms with Crippen molar-refractivity contribution in [1.29, 1.82) is 0 Å². The Morgan fingerprint density at radius 1 is 1.00 bits per heavy atom. The molecular weight excluding hydrogens is 408 g/mol. The molecule has 0 N–H and O–H groups in total. The van der Waals surface area contributed by atoms with Gasteiger partial charge in [0.05, 0.1) is 17.3 Å². The molecule has 0 saturated carbocycles. The standard InChI is InChI=1S/C29H30N2O2/c1-6-21-12-23(20(5)18(3)19(21)4)16-33-28-14-26-25(11-17(28)2)29(32)31-24(15-30-26)13-22-9-7-8-10-27(22)31/h7-12,14-15,24H,6,13,16H2,1-5H3/t24-/m0/s1. The zero-order chi connectivity index (χ0) is 23.3. The number of benzene rings is 3. The smallest absolute Gasteiger partial charge is 0.261 e. The number of rotatable bonds is 4. The Morgan fingerprint density at radius 3 is 2.55 bits per heavy atom. The number of fused-ring (bicyclic) bond motifs is 4. The number of hydrogen-bond donors (Lipinski definition) is 0. The van der Waals surface area contributed by atoms with E-state index in [0.29, 0.717) is 17.9 Å². The van der Waals surface area contributed by atoms with Gasteiger partial charge in [0.25, 0.3) is 5.91 Å². The van der Waals surface area contributed by atoms with Gasteiger partial charge in [0.1, 0.15) is 12.4 Å². The first-order valence-corrected chi connectivity index (χ1v) is 11.7. The first kappa shape index (κ1) is 21.4. The van der Waals surface area contributed by atoms with Gasteiger partial charge >= 0.3 is 0 Å². The number of carbonyl (C=O) groups excluding carboxylic acids is 1. The summed E-state index contributed by atoms with van der Waals surface area (Å²) in [5.74, 6) is 0.779. The van der Waals surface area contributed by atoms with Gasteiger partial charge < -0.3 is 4.74 Å². The van der Waals surface area contributed by atoms with Crippen molar-refractivity contribution in [2.75, 3.05) is 4.90 Å².